The highest BCUT2D eigenvalue weighted by molar-refractivity contribution is 6.36. The molecule has 0 amide bonds. The van der Waals surface area contributed by atoms with Crippen molar-refractivity contribution in [2.45, 2.75) is 26.7 Å². The van der Waals surface area contributed by atoms with E-state index in [0.29, 0.717) is 28.6 Å². The highest BCUT2D eigenvalue weighted by atomic mass is 35.5. The Labute approximate surface area is 112 Å². The van der Waals surface area contributed by atoms with Crippen LogP contribution in [0.15, 0.2) is 18.2 Å². The molecular formula is C13H17Cl2NO. The van der Waals surface area contributed by atoms with Crippen LogP contribution in [0.4, 0.5) is 0 Å². The lowest BCUT2D eigenvalue weighted by atomic mass is 9.80. The zero-order valence-corrected chi connectivity index (χ0v) is 11.6. The van der Waals surface area contributed by atoms with Gasteiger partial charge >= 0.3 is 0 Å². The predicted octanol–water partition coefficient (Wildman–Crippen LogP) is 3.48. The molecule has 1 aromatic rings. The fourth-order valence-electron chi connectivity index (χ4n) is 1.53. The van der Waals surface area contributed by atoms with Gasteiger partial charge < -0.3 is 5.73 Å². The van der Waals surface area contributed by atoms with Crippen molar-refractivity contribution in [3.8, 4) is 0 Å². The largest absolute Gasteiger partial charge is 0.329 e. The Kier molecular flexibility index (Phi) is 4.99. The summed E-state index contributed by atoms with van der Waals surface area (Å²) in [6.45, 7) is 4.17. The van der Waals surface area contributed by atoms with Crippen molar-refractivity contribution in [2.24, 2.45) is 11.1 Å². The van der Waals surface area contributed by atoms with Crippen LogP contribution in [0.2, 0.25) is 10.0 Å². The number of ketones is 1. The summed E-state index contributed by atoms with van der Waals surface area (Å²) in [4.78, 5) is 12.2. The monoisotopic (exact) mass is 273 g/mol. The summed E-state index contributed by atoms with van der Waals surface area (Å²) in [6.07, 6.45) is 0.949. The van der Waals surface area contributed by atoms with Crippen LogP contribution in [0.1, 0.15) is 25.8 Å². The molecule has 0 radical (unpaired) electrons. The molecule has 1 unspecified atom stereocenters. The summed E-state index contributed by atoms with van der Waals surface area (Å²) in [6, 6.07) is 5.24. The normalized spacial score (nSPS) is 14.4. The number of halogens is 2. The Morgan fingerprint density at radius 3 is 2.29 bits per heavy atom. The maximum atomic E-state index is 12.2. The van der Waals surface area contributed by atoms with Gasteiger partial charge in [0.1, 0.15) is 5.78 Å². The van der Waals surface area contributed by atoms with Gasteiger partial charge in [-0.05, 0) is 24.1 Å². The number of hydrogen-bond donors (Lipinski definition) is 1. The molecule has 0 saturated carbocycles. The van der Waals surface area contributed by atoms with Gasteiger partial charge in [0.2, 0.25) is 0 Å². The second-order valence-corrected chi connectivity index (χ2v) is 5.23. The van der Waals surface area contributed by atoms with Crippen molar-refractivity contribution in [1.82, 2.24) is 0 Å². The van der Waals surface area contributed by atoms with Gasteiger partial charge in [0.15, 0.2) is 0 Å². The number of carbonyl (C=O) groups excluding carboxylic acids is 1. The molecule has 1 rings (SSSR count). The van der Waals surface area contributed by atoms with E-state index < -0.39 is 5.41 Å². The summed E-state index contributed by atoms with van der Waals surface area (Å²) in [5.41, 5.74) is 5.85. The molecule has 0 aliphatic rings. The number of hydrogen-bond acceptors (Lipinski definition) is 2. The third kappa shape index (κ3) is 3.21. The van der Waals surface area contributed by atoms with Crippen LogP contribution in [0.5, 0.6) is 0 Å². The van der Waals surface area contributed by atoms with E-state index in [4.69, 9.17) is 28.9 Å². The second-order valence-electron chi connectivity index (χ2n) is 4.42. The van der Waals surface area contributed by atoms with Crippen molar-refractivity contribution in [3.63, 3.8) is 0 Å². The van der Waals surface area contributed by atoms with E-state index >= 15 is 0 Å². The van der Waals surface area contributed by atoms with E-state index in [1.165, 1.54) is 0 Å². The van der Waals surface area contributed by atoms with Gasteiger partial charge in [0, 0.05) is 28.4 Å². The Morgan fingerprint density at radius 2 is 1.88 bits per heavy atom. The summed E-state index contributed by atoms with van der Waals surface area (Å²) < 4.78 is 0. The predicted molar refractivity (Wildman–Crippen MR) is 72.6 cm³/mol. The zero-order valence-electron chi connectivity index (χ0n) is 10.1. The highest BCUT2D eigenvalue weighted by Crippen LogP contribution is 2.29. The van der Waals surface area contributed by atoms with Crippen LogP contribution >= 0.6 is 23.2 Å². The standard InChI is InChI=1S/C13H17Cl2NO/c1-3-13(2,8-16)12(17)7-9-10(14)5-4-6-11(9)15/h4-6H,3,7-8,16H2,1-2H3. The molecule has 0 fully saturated rings. The SMILES string of the molecule is CCC(C)(CN)C(=O)Cc1c(Cl)cccc1Cl. The quantitative estimate of drug-likeness (QED) is 0.893. The molecule has 0 saturated heterocycles. The van der Waals surface area contributed by atoms with Crippen LogP contribution in [0.3, 0.4) is 0 Å². The summed E-state index contributed by atoms with van der Waals surface area (Å²) in [5.74, 6) is 0.0810. The minimum Gasteiger partial charge on any atom is -0.329 e. The fraction of sp³-hybridized carbons (Fsp3) is 0.462. The van der Waals surface area contributed by atoms with Crippen LogP contribution in [0.25, 0.3) is 0 Å². The van der Waals surface area contributed by atoms with Crippen molar-refractivity contribution in [1.29, 1.82) is 0 Å². The number of rotatable bonds is 5. The van der Waals surface area contributed by atoms with Gasteiger partial charge in [-0.1, -0.05) is 43.1 Å². The molecule has 94 valence electrons. The van der Waals surface area contributed by atoms with E-state index in [2.05, 4.69) is 0 Å². The topological polar surface area (TPSA) is 43.1 Å². The number of carbonyl (C=O) groups is 1. The van der Waals surface area contributed by atoms with Gasteiger partial charge in [-0.15, -0.1) is 0 Å². The van der Waals surface area contributed by atoms with Crippen LogP contribution in [-0.4, -0.2) is 12.3 Å². The van der Waals surface area contributed by atoms with E-state index in [1.807, 2.05) is 13.8 Å². The van der Waals surface area contributed by atoms with Gasteiger partial charge in [-0.2, -0.15) is 0 Å². The highest BCUT2D eigenvalue weighted by Gasteiger charge is 2.30. The Morgan fingerprint density at radius 1 is 1.35 bits per heavy atom. The Hall–Kier alpha value is -0.570. The average Bonchev–Trinajstić information content (AvgIpc) is 2.32. The first-order chi connectivity index (χ1) is 7.94. The zero-order chi connectivity index (χ0) is 13.1. The van der Waals surface area contributed by atoms with E-state index in [1.54, 1.807) is 18.2 Å². The molecule has 17 heavy (non-hydrogen) atoms. The second kappa shape index (κ2) is 5.85. The minimum atomic E-state index is -0.498. The Bertz CT molecular complexity index is 394. The lowest BCUT2D eigenvalue weighted by molar-refractivity contribution is -0.126. The van der Waals surface area contributed by atoms with Crippen LogP contribution in [-0.2, 0) is 11.2 Å². The molecule has 0 bridgehead atoms. The van der Waals surface area contributed by atoms with E-state index in [9.17, 15) is 4.79 Å². The van der Waals surface area contributed by atoms with Gasteiger partial charge in [0.25, 0.3) is 0 Å². The molecule has 1 aromatic carbocycles. The summed E-state index contributed by atoms with van der Waals surface area (Å²) in [5, 5.41) is 1.06. The van der Waals surface area contributed by atoms with Gasteiger partial charge in [-0.25, -0.2) is 0 Å². The Balaban J connectivity index is 2.96. The maximum absolute atomic E-state index is 12.2. The average molecular weight is 274 g/mol. The molecule has 0 aliphatic carbocycles. The minimum absolute atomic E-state index is 0.0810. The molecule has 1 atom stereocenters. The smallest absolute Gasteiger partial charge is 0.144 e. The van der Waals surface area contributed by atoms with E-state index in [0.717, 1.165) is 0 Å². The van der Waals surface area contributed by atoms with Gasteiger partial charge in [-0.3, -0.25) is 4.79 Å². The molecule has 0 spiro atoms. The molecule has 4 heteroatoms. The summed E-state index contributed by atoms with van der Waals surface area (Å²) >= 11 is 12.1. The first-order valence-corrected chi connectivity index (χ1v) is 6.36. The first-order valence-electron chi connectivity index (χ1n) is 5.61. The van der Waals surface area contributed by atoms with Crippen LogP contribution < -0.4 is 5.73 Å². The molecule has 2 nitrogen and oxygen atoms in total. The first kappa shape index (κ1) is 14.5. The number of benzene rings is 1. The third-order valence-electron chi connectivity index (χ3n) is 3.30. The molecule has 0 heterocycles. The van der Waals surface area contributed by atoms with E-state index in [-0.39, 0.29) is 12.2 Å². The number of nitrogens with two attached hydrogens (primary N) is 1. The van der Waals surface area contributed by atoms with Crippen LogP contribution in [0, 0.1) is 5.41 Å². The lowest BCUT2D eigenvalue weighted by Gasteiger charge is -2.25. The fourth-order valence-corrected chi connectivity index (χ4v) is 2.06. The molecular weight excluding hydrogens is 257 g/mol. The number of Topliss-reactive ketones (excluding diaryl/α,β-unsaturated/α-hetero) is 1. The van der Waals surface area contributed by atoms with Crippen molar-refractivity contribution in [3.05, 3.63) is 33.8 Å². The van der Waals surface area contributed by atoms with Crippen molar-refractivity contribution >= 4 is 29.0 Å². The molecule has 0 aliphatic heterocycles. The maximum Gasteiger partial charge on any atom is 0.144 e. The van der Waals surface area contributed by atoms with Crippen molar-refractivity contribution in [2.75, 3.05) is 6.54 Å². The van der Waals surface area contributed by atoms with Crippen molar-refractivity contribution < 1.29 is 4.79 Å². The summed E-state index contributed by atoms with van der Waals surface area (Å²) in [7, 11) is 0. The molecule has 2 N–H and O–H groups in total. The third-order valence-corrected chi connectivity index (χ3v) is 4.01. The lowest BCUT2D eigenvalue weighted by Crippen LogP contribution is -2.36. The molecule has 0 aromatic heterocycles. The van der Waals surface area contributed by atoms with Gasteiger partial charge in [0.05, 0.1) is 0 Å².